The number of esters is 3. The summed E-state index contributed by atoms with van der Waals surface area (Å²) in [5, 5.41) is 0. The summed E-state index contributed by atoms with van der Waals surface area (Å²) in [6.07, 6.45) is 91.7. The second kappa shape index (κ2) is 69.1. The van der Waals surface area contributed by atoms with Crippen LogP contribution in [0.2, 0.25) is 0 Å². The van der Waals surface area contributed by atoms with Crippen molar-refractivity contribution in [1.82, 2.24) is 0 Å². The summed E-state index contributed by atoms with van der Waals surface area (Å²) in [7, 11) is 0. The van der Waals surface area contributed by atoms with Crippen molar-refractivity contribution >= 4 is 17.9 Å². The van der Waals surface area contributed by atoms with Gasteiger partial charge in [-0.1, -0.05) is 324 Å². The van der Waals surface area contributed by atoms with E-state index in [4.69, 9.17) is 14.2 Å². The Labute approximate surface area is 503 Å². The van der Waals surface area contributed by atoms with Crippen molar-refractivity contribution < 1.29 is 28.6 Å². The highest BCUT2D eigenvalue weighted by atomic mass is 16.6. The standard InChI is InChI=1S/C75H132O6/c1-4-7-10-13-16-19-22-25-28-31-33-35-37-39-41-44-47-50-53-56-59-62-65-68-74(77)80-71-72(70-79-73(76)67-64-61-58-55-52-49-46-43-30-27-24-21-18-15-12-9-6-3)81-75(78)69-66-63-60-57-54-51-48-45-42-40-38-36-34-32-29-26-23-20-17-14-11-8-5-2/h7,10,16,19,23,25-26,28,32-35,39,41,72H,4-6,8-9,11-15,17-18,20-22,24,27,29-31,36-38,40,42-71H2,1-3H3/b10-7-,19-16-,26-23-,28-25-,34-32-,35-33-,41-39-. The van der Waals surface area contributed by atoms with Gasteiger partial charge >= 0.3 is 17.9 Å². The van der Waals surface area contributed by atoms with E-state index in [9.17, 15) is 14.4 Å². The molecule has 0 saturated heterocycles. The van der Waals surface area contributed by atoms with E-state index >= 15 is 0 Å². The summed E-state index contributed by atoms with van der Waals surface area (Å²) in [5.74, 6) is -0.870. The fraction of sp³-hybridized carbons (Fsp3) is 0.773. The molecule has 0 aliphatic heterocycles. The van der Waals surface area contributed by atoms with E-state index < -0.39 is 6.10 Å². The zero-order valence-corrected chi connectivity index (χ0v) is 53.8. The fourth-order valence-corrected chi connectivity index (χ4v) is 10.2. The van der Waals surface area contributed by atoms with Crippen molar-refractivity contribution in [3.63, 3.8) is 0 Å². The fourth-order valence-electron chi connectivity index (χ4n) is 10.2. The molecule has 0 aromatic heterocycles. The Kier molecular flexibility index (Phi) is 66.2. The smallest absolute Gasteiger partial charge is 0.306 e. The van der Waals surface area contributed by atoms with Crippen LogP contribution in [-0.4, -0.2) is 37.2 Å². The van der Waals surface area contributed by atoms with Gasteiger partial charge < -0.3 is 14.2 Å². The highest BCUT2D eigenvalue weighted by Crippen LogP contribution is 2.17. The molecule has 0 aromatic rings. The molecule has 0 fully saturated rings. The van der Waals surface area contributed by atoms with Crippen LogP contribution in [0.5, 0.6) is 0 Å². The number of carbonyl (C=O) groups is 3. The van der Waals surface area contributed by atoms with Gasteiger partial charge in [-0.3, -0.25) is 14.4 Å². The van der Waals surface area contributed by atoms with Crippen molar-refractivity contribution in [1.29, 1.82) is 0 Å². The lowest BCUT2D eigenvalue weighted by Gasteiger charge is -2.18. The molecule has 0 radical (unpaired) electrons. The molecule has 0 heterocycles. The van der Waals surface area contributed by atoms with E-state index in [0.29, 0.717) is 19.3 Å². The lowest BCUT2D eigenvalue weighted by molar-refractivity contribution is -0.167. The lowest BCUT2D eigenvalue weighted by Crippen LogP contribution is -2.30. The van der Waals surface area contributed by atoms with E-state index in [-0.39, 0.29) is 31.1 Å². The predicted octanol–water partition coefficient (Wildman–Crippen LogP) is 24.2. The Bertz CT molecular complexity index is 1530. The number of unbranched alkanes of at least 4 members (excludes halogenated alkanes) is 39. The van der Waals surface area contributed by atoms with Gasteiger partial charge in [-0.15, -0.1) is 0 Å². The number of hydrogen-bond donors (Lipinski definition) is 0. The molecule has 0 saturated carbocycles. The second-order valence-electron chi connectivity index (χ2n) is 23.4. The van der Waals surface area contributed by atoms with Gasteiger partial charge in [0, 0.05) is 19.3 Å². The number of allylic oxidation sites excluding steroid dienone is 14. The SMILES string of the molecule is CC/C=C\C/C=C\C/C=C\C/C=C\C/C=C\CCCCCCCCCC(=O)OCC(COC(=O)CCCCCCCCCCCCCCCCCCC)OC(=O)CCCCCCCCCCCCC/C=C\C/C=C\CCCCCCC. The zero-order valence-electron chi connectivity index (χ0n) is 53.8. The van der Waals surface area contributed by atoms with Crippen LogP contribution in [0.25, 0.3) is 0 Å². The Balaban J connectivity index is 4.37. The van der Waals surface area contributed by atoms with Crippen molar-refractivity contribution in [2.24, 2.45) is 0 Å². The maximum Gasteiger partial charge on any atom is 0.306 e. The van der Waals surface area contributed by atoms with Gasteiger partial charge in [0.25, 0.3) is 0 Å². The number of carbonyl (C=O) groups excluding carboxylic acids is 3. The van der Waals surface area contributed by atoms with Crippen LogP contribution >= 0.6 is 0 Å². The Morgan fingerprint density at radius 3 is 0.753 bits per heavy atom. The molecule has 0 aliphatic rings. The van der Waals surface area contributed by atoms with Crippen LogP contribution in [0, 0.1) is 0 Å². The van der Waals surface area contributed by atoms with Crippen molar-refractivity contribution in [3.05, 3.63) is 85.1 Å². The molecular formula is C75H132O6. The van der Waals surface area contributed by atoms with E-state index in [0.717, 1.165) is 103 Å². The van der Waals surface area contributed by atoms with Gasteiger partial charge in [0.05, 0.1) is 0 Å². The van der Waals surface area contributed by atoms with Gasteiger partial charge in [0.15, 0.2) is 6.10 Å². The Hall–Kier alpha value is -3.41. The number of ether oxygens (including phenoxy) is 3. The molecular weight excluding hydrogens is 997 g/mol. The quantitative estimate of drug-likeness (QED) is 0.0261. The number of rotatable bonds is 64. The molecule has 1 atom stereocenters. The first kappa shape index (κ1) is 77.6. The van der Waals surface area contributed by atoms with Crippen LogP contribution in [0.4, 0.5) is 0 Å². The van der Waals surface area contributed by atoms with E-state index in [1.54, 1.807) is 0 Å². The summed E-state index contributed by atoms with van der Waals surface area (Å²) in [4.78, 5) is 38.5. The highest BCUT2D eigenvalue weighted by molar-refractivity contribution is 5.71. The average Bonchev–Trinajstić information content (AvgIpc) is 3.47. The predicted molar refractivity (Wildman–Crippen MR) is 353 cm³/mol. The van der Waals surface area contributed by atoms with Crippen LogP contribution in [0.15, 0.2) is 85.1 Å². The van der Waals surface area contributed by atoms with Crippen LogP contribution in [0.3, 0.4) is 0 Å². The third-order valence-corrected chi connectivity index (χ3v) is 15.4. The topological polar surface area (TPSA) is 78.9 Å². The minimum atomic E-state index is -0.783. The lowest BCUT2D eigenvalue weighted by atomic mass is 10.0. The van der Waals surface area contributed by atoms with Crippen LogP contribution in [0.1, 0.15) is 355 Å². The van der Waals surface area contributed by atoms with E-state index in [2.05, 4.69) is 106 Å². The summed E-state index contributed by atoms with van der Waals surface area (Å²) < 4.78 is 17.0. The van der Waals surface area contributed by atoms with Crippen LogP contribution in [-0.2, 0) is 28.6 Å². The molecule has 0 aromatic carbocycles. The van der Waals surface area contributed by atoms with Crippen molar-refractivity contribution in [3.8, 4) is 0 Å². The van der Waals surface area contributed by atoms with Gasteiger partial charge in [0.2, 0.25) is 0 Å². The van der Waals surface area contributed by atoms with E-state index in [1.807, 2.05) is 0 Å². The molecule has 81 heavy (non-hydrogen) atoms. The van der Waals surface area contributed by atoms with Crippen molar-refractivity contribution in [2.75, 3.05) is 13.2 Å². The Morgan fingerprint density at radius 2 is 0.481 bits per heavy atom. The molecule has 6 heteroatoms. The van der Waals surface area contributed by atoms with Gasteiger partial charge in [0.1, 0.15) is 13.2 Å². The van der Waals surface area contributed by atoms with Crippen LogP contribution < -0.4 is 0 Å². The molecule has 1 unspecified atom stereocenters. The summed E-state index contributed by atoms with van der Waals surface area (Å²) >= 11 is 0. The highest BCUT2D eigenvalue weighted by Gasteiger charge is 2.19. The second-order valence-corrected chi connectivity index (χ2v) is 23.4. The third kappa shape index (κ3) is 67.3. The molecule has 0 rings (SSSR count). The molecule has 0 aliphatic carbocycles. The molecule has 468 valence electrons. The molecule has 0 N–H and O–H groups in total. The third-order valence-electron chi connectivity index (χ3n) is 15.4. The van der Waals surface area contributed by atoms with Crippen molar-refractivity contribution in [2.45, 2.75) is 361 Å². The minimum Gasteiger partial charge on any atom is -0.462 e. The summed E-state index contributed by atoms with van der Waals surface area (Å²) in [6.45, 7) is 6.56. The molecule has 0 bridgehead atoms. The van der Waals surface area contributed by atoms with Gasteiger partial charge in [-0.25, -0.2) is 0 Å². The maximum atomic E-state index is 13.0. The molecule has 0 amide bonds. The van der Waals surface area contributed by atoms with E-state index in [1.165, 1.54) is 212 Å². The number of hydrogen-bond acceptors (Lipinski definition) is 6. The normalized spacial score (nSPS) is 12.6. The minimum absolute atomic E-state index is 0.0772. The largest absolute Gasteiger partial charge is 0.462 e. The molecule has 6 nitrogen and oxygen atoms in total. The monoisotopic (exact) mass is 1130 g/mol. The maximum absolute atomic E-state index is 13.0. The summed E-state index contributed by atoms with van der Waals surface area (Å²) in [6, 6.07) is 0. The Morgan fingerprint density at radius 1 is 0.259 bits per heavy atom. The zero-order chi connectivity index (χ0) is 58.5. The molecule has 0 spiro atoms. The first-order chi connectivity index (χ1) is 40.0. The average molecular weight is 1130 g/mol. The summed E-state index contributed by atoms with van der Waals surface area (Å²) in [5.41, 5.74) is 0. The first-order valence-electron chi connectivity index (χ1n) is 35.1. The van der Waals surface area contributed by atoms with Gasteiger partial charge in [-0.2, -0.15) is 0 Å². The van der Waals surface area contributed by atoms with Gasteiger partial charge in [-0.05, 0) is 96.3 Å². The first-order valence-corrected chi connectivity index (χ1v) is 35.1.